The first-order valence-electron chi connectivity index (χ1n) is 11.1. The lowest BCUT2D eigenvalue weighted by Gasteiger charge is -2.27. The number of aryl methyl sites for hydroxylation is 2. The largest absolute Gasteiger partial charge is 0.480 e. The molecule has 6 heteroatoms. The van der Waals surface area contributed by atoms with E-state index in [1.807, 2.05) is 52.9 Å². The fourth-order valence-electron chi connectivity index (χ4n) is 2.64. The predicted octanol–water partition coefficient (Wildman–Crippen LogP) is 6.45. The van der Waals surface area contributed by atoms with Gasteiger partial charge < -0.3 is 15.0 Å². The van der Waals surface area contributed by atoms with Gasteiger partial charge in [0.25, 0.3) is 0 Å². The van der Waals surface area contributed by atoms with Crippen LogP contribution in [0.15, 0.2) is 42.6 Å². The molecule has 1 N–H and O–H groups in total. The molecule has 5 nitrogen and oxygen atoms in total. The lowest BCUT2D eigenvalue weighted by atomic mass is 10.1. The molecule has 0 atom stereocenters. The molecule has 0 radical (unpaired) electrons. The predicted molar refractivity (Wildman–Crippen MR) is 135 cm³/mol. The van der Waals surface area contributed by atoms with Crippen LogP contribution in [0.4, 0.5) is 5.82 Å². The number of anilines is 1. The molecule has 1 aliphatic rings. The van der Waals surface area contributed by atoms with Gasteiger partial charge in [-0.25, -0.2) is 0 Å². The van der Waals surface area contributed by atoms with E-state index in [1.165, 1.54) is 30.4 Å². The molecule has 0 unspecified atom stereocenters. The van der Waals surface area contributed by atoms with Crippen molar-refractivity contribution in [3.05, 3.63) is 58.8 Å². The van der Waals surface area contributed by atoms with Crippen molar-refractivity contribution in [2.75, 3.05) is 32.1 Å². The van der Waals surface area contributed by atoms with Gasteiger partial charge in [0.15, 0.2) is 5.82 Å². The highest BCUT2D eigenvalue weighted by atomic mass is 35.5. The van der Waals surface area contributed by atoms with Gasteiger partial charge in [0.1, 0.15) is 0 Å². The molecule has 0 spiro atoms. The van der Waals surface area contributed by atoms with Crippen LogP contribution in [0.1, 0.15) is 58.1 Å². The number of ether oxygens (including phenoxy) is 1. The first kappa shape index (κ1) is 28.7. The third-order valence-electron chi connectivity index (χ3n) is 4.57. The van der Waals surface area contributed by atoms with Crippen LogP contribution in [0.5, 0.6) is 5.88 Å². The topological polar surface area (TPSA) is 50.3 Å². The molecule has 0 saturated carbocycles. The maximum atomic E-state index is 5.84. The van der Waals surface area contributed by atoms with Crippen molar-refractivity contribution in [1.82, 2.24) is 15.5 Å². The first-order valence-corrected chi connectivity index (χ1v) is 11.5. The summed E-state index contributed by atoms with van der Waals surface area (Å²) in [7, 11) is 3.45. The van der Waals surface area contributed by atoms with Crippen molar-refractivity contribution in [1.29, 1.82) is 0 Å². The van der Waals surface area contributed by atoms with Crippen LogP contribution >= 0.6 is 11.6 Å². The SMILES string of the molecule is C=C(C)NC.CC.CCc1ccc(Cl)c(C)c1.COc1ccc(N2CCCCC2)nn1. The number of piperidine rings is 1. The number of aromatic nitrogens is 2. The van der Waals surface area contributed by atoms with Crippen molar-refractivity contribution >= 4 is 17.4 Å². The van der Waals surface area contributed by atoms with Crippen LogP contribution in [0.25, 0.3) is 0 Å². The van der Waals surface area contributed by atoms with Gasteiger partial charge in [0, 0.05) is 31.2 Å². The normalized spacial score (nSPS) is 12.1. The van der Waals surface area contributed by atoms with Crippen molar-refractivity contribution in [3.8, 4) is 5.88 Å². The quantitative estimate of drug-likeness (QED) is 0.582. The third-order valence-corrected chi connectivity index (χ3v) is 5.00. The molecule has 3 rings (SSSR count). The van der Waals surface area contributed by atoms with Crippen molar-refractivity contribution < 1.29 is 4.74 Å². The first-order chi connectivity index (χ1) is 14.9. The molecular formula is C25H41ClN4O. The van der Waals surface area contributed by atoms with Crippen LogP contribution in [-0.4, -0.2) is 37.4 Å². The van der Waals surface area contributed by atoms with Crippen molar-refractivity contribution in [3.63, 3.8) is 0 Å². The third kappa shape index (κ3) is 12.2. The number of halogens is 1. The number of hydrogen-bond acceptors (Lipinski definition) is 5. The number of nitrogens with zero attached hydrogens (tertiary/aromatic N) is 3. The van der Waals surface area contributed by atoms with Crippen molar-refractivity contribution in [2.24, 2.45) is 0 Å². The number of benzene rings is 1. The van der Waals surface area contributed by atoms with Crippen LogP contribution < -0.4 is 15.0 Å². The molecule has 0 bridgehead atoms. The summed E-state index contributed by atoms with van der Waals surface area (Å²) in [4.78, 5) is 2.27. The highest BCUT2D eigenvalue weighted by Gasteiger charge is 2.12. The zero-order valence-electron chi connectivity index (χ0n) is 20.5. The van der Waals surface area contributed by atoms with Gasteiger partial charge >= 0.3 is 0 Å². The van der Waals surface area contributed by atoms with Gasteiger partial charge in [0.2, 0.25) is 5.88 Å². The molecule has 31 heavy (non-hydrogen) atoms. The summed E-state index contributed by atoms with van der Waals surface area (Å²) in [6.45, 7) is 15.8. The van der Waals surface area contributed by atoms with E-state index < -0.39 is 0 Å². The van der Waals surface area contributed by atoms with Crippen molar-refractivity contribution in [2.45, 2.75) is 60.3 Å². The standard InChI is InChI=1S/C10H15N3O.C9H11Cl.C4H9N.C2H6/c1-14-10-6-5-9(11-12-10)13-7-3-2-4-8-13;1-3-8-4-5-9(10)7(2)6-8;1-4(2)5-3;1-2/h5-6H,2-4,7-8H2,1H3;4-6H,3H2,1-2H3;5H,1H2,2-3H3;1-2H3. The highest BCUT2D eigenvalue weighted by molar-refractivity contribution is 6.31. The minimum atomic E-state index is 0.575. The maximum Gasteiger partial charge on any atom is 0.233 e. The minimum absolute atomic E-state index is 0.575. The Labute approximate surface area is 194 Å². The number of allylic oxidation sites excluding steroid dienone is 1. The average molecular weight is 449 g/mol. The molecule has 1 saturated heterocycles. The highest BCUT2D eigenvalue weighted by Crippen LogP contribution is 2.18. The summed E-state index contributed by atoms with van der Waals surface area (Å²) >= 11 is 5.84. The summed E-state index contributed by atoms with van der Waals surface area (Å²) in [5, 5.41) is 11.8. The fraction of sp³-hybridized carbons (Fsp3) is 0.520. The van der Waals surface area contributed by atoms with Crippen LogP contribution in [0, 0.1) is 6.92 Å². The Morgan fingerprint density at radius 3 is 2.16 bits per heavy atom. The summed E-state index contributed by atoms with van der Waals surface area (Å²) in [5.41, 5.74) is 3.52. The summed E-state index contributed by atoms with van der Waals surface area (Å²) < 4.78 is 4.96. The fourth-order valence-corrected chi connectivity index (χ4v) is 2.76. The van der Waals surface area contributed by atoms with Gasteiger partial charge in [-0.1, -0.05) is 51.1 Å². The van der Waals surface area contributed by atoms with E-state index in [0.717, 1.165) is 36.0 Å². The van der Waals surface area contributed by atoms with E-state index in [9.17, 15) is 0 Å². The number of nitrogens with one attached hydrogen (secondary N) is 1. The summed E-state index contributed by atoms with van der Waals surface area (Å²) in [6.07, 6.45) is 4.93. The molecule has 0 aliphatic carbocycles. The number of hydrogen-bond donors (Lipinski definition) is 1. The van der Waals surface area contributed by atoms with E-state index in [0.29, 0.717) is 5.88 Å². The Balaban J connectivity index is 0.000000464. The van der Waals surface area contributed by atoms with E-state index in [-0.39, 0.29) is 0 Å². The molecule has 1 fully saturated rings. The lowest BCUT2D eigenvalue weighted by molar-refractivity contribution is 0.391. The second-order valence-corrected chi connectivity index (χ2v) is 7.36. The molecule has 1 aromatic heterocycles. The minimum Gasteiger partial charge on any atom is -0.480 e. The molecule has 1 aromatic carbocycles. The monoisotopic (exact) mass is 448 g/mol. The summed E-state index contributed by atoms with van der Waals surface area (Å²) in [5.74, 6) is 1.54. The maximum absolute atomic E-state index is 5.84. The van der Waals surface area contributed by atoms with E-state index in [2.05, 4.69) is 46.0 Å². The second kappa shape index (κ2) is 17.4. The van der Waals surface area contributed by atoms with Gasteiger partial charge in [-0.2, -0.15) is 0 Å². The molecular weight excluding hydrogens is 408 g/mol. The molecule has 174 valence electrons. The van der Waals surface area contributed by atoms with E-state index >= 15 is 0 Å². The molecule has 0 amide bonds. The smallest absolute Gasteiger partial charge is 0.233 e. The number of rotatable bonds is 4. The molecule has 2 heterocycles. The lowest BCUT2D eigenvalue weighted by Crippen LogP contribution is -2.30. The zero-order chi connectivity index (χ0) is 23.6. The van der Waals surface area contributed by atoms with Crippen LogP contribution in [0.3, 0.4) is 0 Å². The molecule has 1 aliphatic heterocycles. The van der Waals surface area contributed by atoms with Gasteiger partial charge in [0.05, 0.1) is 7.11 Å². The Kier molecular flexibility index (Phi) is 16.1. The van der Waals surface area contributed by atoms with Gasteiger partial charge in [-0.15, -0.1) is 10.2 Å². The van der Waals surface area contributed by atoms with Crippen LogP contribution in [0.2, 0.25) is 5.02 Å². The van der Waals surface area contributed by atoms with Gasteiger partial charge in [-0.05, 0) is 68.5 Å². The average Bonchev–Trinajstić information content (AvgIpc) is 2.83. The Morgan fingerprint density at radius 1 is 1.13 bits per heavy atom. The van der Waals surface area contributed by atoms with E-state index in [1.54, 1.807) is 7.11 Å². The Hall–Kier alpha value is -2.27. The number of methoxy groups -OCH3 is 1. The Morgan fingerprint density at radius 2 is 1.74 bits per heavy atom. The van der Waals surface area contributed by atoms with Crippen LogP contribution in [-0.2, 0) is 6.42 Å². The van der Waals surface area contributed by atoms with Gasteiger partial charge in [-0.3, -0.25) is 0 Å². The van der Waals surface area contributed by atoms with E-state index in [4.69, 9.17) is 16.3 Å². The molecule has 2 aromatic rings. The zero-order valence-corrected chi connectivity index (χ0v) is 21.2. The second-order valence-electron chi connectivity index (χ2n) is 6.95. The Bertz CT molecular complexity index is 729. The summed E-state index contributed by atoms with van der Waals surface area (Å²) in [6, 6.07) is 9.97.